The Morgan fingerprint density at radius 1 is 1.50 bits per heavy atom. The van der Waals surface area contributed by atoms with Crippen LogP contribution in [0.2, 0.25) is 0 Å². The van der Waals surface area contributed by atoms with Crippen LogP contribution in [0.3, 0.4) is 0 Å². The highest BCUT2D eigenvalue weighted by molar-refractivity contribution is 5.68. The van der Waals surface area contributed by atoms with Gasteiger partial charge in [0.1, 0.15) is 0 Å². The van der Waals surface area contributed by atoms with Gasteiger partial charge < -0.3 is 16.3 Å². The van der Waals surface area contributed by atoms with E-state index in [-0.39, 0.29) is 12.0 Å². The second-order valence-electron chi connectivity index (χ2n) is 0.598. The summed E-state index contributed by atoms with van der Waals surface area (Å²) in [4.78, 5) is 9.24. The SMILES string of the molecule is NCC(=O)O.NN.O. The Balaban J connectivity index is -0.0000000750. The Labute approximate surface area is 46.5 Å². The molecule has 0 saturated heterocycles. The number of rotatable bonds is 1. The molecule has 0 aromatic carbocycles. The van der Waals surface area contributed by atoms with E-state index < -0.39 is 5.97 Å². The summed E-state index contributed by atoms with van der Waals surface area (Å²) >= 11 is 0. The summed E-state index contributed by atoms with van der Waals surface area (Å²) in [5.74, 6) is 7.03. The number of hydrogen-bond donors (Lipinski definition) is 4. The van der Waals surface area contributed by atoms with Crippen LogP contribution in [0.4, 0.5) is 0 Å². The van der Waals surface area contributed by atoms with Crippen LogP contribution in [0.5, 0.6) is 0 Å². The van der Waals surface area contributed by atoms with Gasteiger partial charge in [-0.1, -0.05) is 0 Å². The molecular weight excluding hydrogens is 114 g/mol. The number of hydrogen-bond acceptors (Lipinski definition) is 4. The summed E-state index contributed by atoms with van der Waals surface area (Å²) in [6, 6.07) is 0. The van der Waals surface area contributed by atoms with Crippen molar-refractivity contribution in [1.82, 2.24) is 0 Å². The minimum Gasteiger partial charge on any atom is -0.480 e. The quantitative estimate of drug-likeness (QED) is 0.218. The lowest BCUT2D eigenvalue weighted by Gasteiger charge is -1.73. The van der Waals surface area contributed by atoms with Gasteiger partial charge in [0.25, 0.3) is 0 Å². The number of carboxylic acids is 1. The molecule has 0 heterocycles. The number of nitrogens with two attached hydrogens (primary N) is 3. The van der Waals surface area contributed by atoms with Gasteiger partial charge in [0.2, 0.25) is 0 Å². The van der Waals surface area contributed by atoms with E-state index in [2.05, 4.69) is 17.4 Å². The van der Waals surface area contributed by atoms with E-state index in [0.29, 0.717) is 0 Å². The maximum atomic E-state index is 9.24. The van der Waals surface area contributed by atoms with Gasteiger partial charge in [-0.3, -0.25) is 16.5 Å². The lowest BCUT2D eigenvalue weighted by Crippen LogP contribution is -2.10. The van der Waals surface area contributed by atoms with E-state index in [9.17, 15) is 4.79 Å². The van der Waals surface area contributed by atoms with Crippen molar-refractivity contribution >= 4 is 5.97 Å². The van der Waals surface area contributed by atoms with Crippen LogP contribution in [-0.4, -0.2) is 23.1 Å². The van der Waals surface area contributed by atoms with Crippen LogP contribution >= 0.6 is 0 Å². The molecule has 0 aliphatic heterocycles. The lowest BCUT2D eigenvalue weighted by molar-refractivity contribution is -0.135. The van der Waals surface area contributed by atoms with Gasteiger partial charge in [0, 0.05) is 0 Å². The average molecular weight is 125 g/mol. The molecule has 0 spiro atoms. The minimum atomic E-state index is -0.968. The van der Waals surface area contributed by atoms with Crippen molar-refractivity contribution in [2.75, 3.05) is 6.54 Å². The van der Waals surface area contributed by atoms with Gasteiger partial charge in [0.05, 0.1) is 6.54 Å². The molecule has 0 atom stereocenters. The molecule has 9 N–H and O–H groups in total. The van der Waals surface area contributed by atoms with Crippen molar-refractivity contribution in [1.29, 1.82) is 0 Å². The van der Waals surface area contributed by atoms with Gasteiger partial charge in [-0.05, 0) is 0 Å². The van der Waals surface area contributed by atoms with Crippen LogP contribution < -0.4 is 17.4 Å². The summed E-state index contributed by atoms with van der Waals surface area (Å²) in [6.45, 7) is -0.278. The lowest BCUT2D eigenvalue weighted by atomic mass is 10.7. The fraction of sp³-hybridized carbons (Fsp3) is 0.500. The van der Waals surface area contributed by atoms with E-state index in [0.717, 1.165) is 0 Å². The Hall–Kier alpha value is -0.690. The van der Waals surface area contributed by atoms with Crippen molar-refractivity contribution in [3.8, 4) is 0 Å². The molecule has 0 saturated carbocycles. The second-order valence-corrected chi connectivity index (χ2v) is 0.598. The summed E-state index contributed by atoms with van der Waals surface area (Å²) in [5, 5.41) is 7.60. The van der Waals surface area contributed by atoms with E-state index in [4.69, 9.17) is 5.11 Å². The molecule has 0 bridgehead atoms. The molecule has 0 aromatic rings. The Morgan fingerprint density at radius 3 is 1.62 bits per heavy atom. The first-order chi connectivity index (χ1) is 3.27. The number of carbonyl (C=O) groups is 1. The van der Waals surface area contributed by atoms with E-state index in [1.54, 1.807) is 0 Å². The van der Waals surface area contributed by atoms with Gasteiger partial charge in [-0.25, -0.2) is 0 Å². The number of aliphatic carboxylic acids is 1. The third-order valence-electron chi connectivity index (χ3n) is 0.175. The van der Waals surface area contributed by atoms with E-state index in [1.165, 1.54) is 0 Å². The molecule has 0 aliphatic rings. The molecule has 0 fully saturated rings. The molecule has 0 aromatic heterocycles. The molecule has 0 rings (SSSR count). The van der Waals surface area contributed by atoms with Crippen molar-refractivity contribution in [2.45, 2.75) is 0 Å². The van der Waals surface area contributed by atoms with Crippen molar-refractivity contribution in [3.63, 3.8) is 0 Å². The summed E-state index contributed by atoms with van der Waals surface area (Å²) in [7, 11) is 0. The van der Waals surface area contributed by atoms with Crippen LogP contribution in [0.15, 0.2) is 0 Å². The van der Waals surface area contributed by atoms with E-state index >= 15 is 0 Å². The molecule has 0 aliphatic carbocycles. The molecule has 52 valence electrons. The molecule has 0 amide bonds. The summed E-state index contributed by atoms with van der Waals surface area (Å²) in [5.41, 5.74) is 4.57. The van der Waals surface area contributed by atoms with Crippen molar-refractivity contribution < 1.29 is 15.4 Å². The van der Waals surface area contributed by atoms with Crippen LogP contribution in [0.1, 0.15) is 0 Å². The third-order valence-corrected chi connectivity index (χ3v) is 0.175. The van der Waals surface area contributed by atoms with Crippen LogP contribution in [-0.2, 0) is 4.79 Å². The highest BCUT2D eigenvalue weighted by Gasteiger charge is 1.81. The molecular formula is C2H11N3O3. The zero-order valence-electron chi connectivity index (χ0n) is 4.29. The van der Waals surface area contributed by atoms with Gasteiger partial charge in [0.15, 0.2) is 0 Å². The predicted molar refractivity (Wildman–Crippen MR) is 28.7 cm³/mol. The maximum Gasteiger partial charge on any atom is 0.317 e. The van der Waals surface area contributed by atoms with E-state index in [1.807, 2.05) is 0 Å². The first kappa shape index (κ1) is 15.7. The first-order valence-electron chi connectivity index (χ1n) is 1.52. The maximum absolute atomic E-state index is 9.24. The third kappa shape index (κ3) is 57.5. The average Bonchev–Trinajstić information content (AvgIpc) is 1.73. The summed E-state index contributed by atoms with van der Waals surface area (Å²) in [6.07, 6.45) is 0. The predicted octanol–water partition coefficient (Wildman–Crippen LogP) is -2.98. The summed E-state index contributed by atoms with van der Waals surface area (Å²) < 4.78 is 0. The highest BCUT2D eigenvalue weighted by atomic mass is 16.4. The normalized spacial score (nSPS) is 5.38. The largest absolute Gasteiger partial charge is 0.480 e. The molecule has 6 nitrogen and oxygen atoms in total. The number of hydrazine groups is 1. The fourth-order valence-corrected chi connectivity index (χ4v) is 0. The number of carboxylic acid groups (broad SMARTS) is 1. The minimum absolute atomic E-state index is 0. The van der Waals surface area contributed by atoms with Crippen LogP contribution in [0.25, 0.3) is 0 Å². The van der Waals surface area contributed by atoms with Gasteiger partial charge >= 0.3 is 5.97 Å². The molecule has 6 heteroatoms. The fourth-order valence-electron chi connectivity index (χ4n) is 0. The molecule has 0 unspecified atom stereocenters. The Bertz CT molecular complexity index is 47.8. The van der Waals surface area contributed by atoms with Gasteiger partial charge in [-0.2, -0.15) is 0 Å². The highest BCUT2D eigenvalue weighted by Crippen LogP contribution is 1.43. The topological polar surface area (TPSA) is 147 Å². The Kier molecular flexibility index (Phi) is 31.8. The smallest absolute Gasteiger partial charge is 0.317 e. The monoisotopic (exact) mass is 125 g/mol. The molecule has 8 heavy (non-hydrogen) atoms. The standard InChI is InChI=1S/C2H5NO2.H4N2.H2O/c3-1-2(4)5;1-2;/h1,3H2,(H,4,5);1-2H2;1H2. The first-order valence-corrected chi connectivity index (χ1v) is 1.52. The Morgan fingerprint density at radius 2 is 1.62 bits per heavy atom. The van der Waals surface area contributed by atoms with Crippen molar-refractivity contribution in [3.05, 3.63) is 0 Å². The second kappa shape index (κ2) is 16.2. The zero-order chi connectivity index (χ0) is 6.28. The van der Waals surface area contributed by atoms with Crippen molar-refractivity contribution in [2.24, 2.45) is 17.4 Å². The van der Waals surface area contributed by atoms with Crippen LogP contribution in [0, 0.1) is 0 Å². The zero-order valence-corrected chi connectivity index (χ0v) is 4.29. The molecule has 0 radical (unpaired) electrons. The van der Waals surface area contributed by atoms with Gasteiger partial charge in [-0.15, -0.1) is 0 Å².